The van der Waals surface area contributed by atoms with Crippen LogP contribution in [-0.4, -0.2) is 12.6 Å². The van der Waals surface area contributed by atoms with Gasteiger partial charge in [0.05, 0.1) is 6.61 Å². The minimum absolute atomic E-state index is 0.189. The van der Waals surface area contributed by atoms with Crippen LogP contribution in [0.2, 0.25) is 0 Å². The summed E-state index contributed by atoms with van der Waals surface area (Å²) >= 11 is 0. The van der Waals surface area contributed by atoms with Gasteiger partial charge < -0.3 is 4.74 Å². The molecular weight excluding hydrogens is 188 g/mol. The molecule has 0 radical (unpaired) electrons. The zero-order valence-corrected chi connectivity index (χ0v) is 10.1. The van der Waals surface area contributed by atoms with Crippen molar-refractivity contribution in [1.29, 1.82) is 0 Å². The van der Waals surface area contributed by atoms with Gasteiger partial charge >= 0.3 is 5.97 Å². The molecule has 86 valence electrons. The molecule has 0 aromatic heterocycles. The number of carbonyl (C=O) groups excluding carboxylic acids is 1. The van der Waals surface area contributed by atoms with Crippen molar-refractivity contribution in [3.63, 3.8) is 0 Å². The Morgan fingerprint density at radius 3 is 2.53 bits per heavy atom. The number of allylic oxidation sites excluding steroid dienone is 3. The van der Waals surface area contributed by atoms with Gasteiger partial charge in [0.2, 0.25) is 0 Å². The molecule has 0 unspecified atom stereocenters. The number of ether oxygens (including phenoxy) is 1. The molecule has 0 bridgehead atoms. The van der Waals surface area contributed by atoms with Crippen molar-refractivity contribution in [2.75, 3.05) is 6.61 Å². The smallest absolute Gasteiger partial charge is 0.333 e. The van der Waals surface area contributed by atoms with Gasteiger partial charge in [-0.05, 0) is 46.5 Å². The van der Waals surface area contributed by atoms with Crippen LogP contribution < -0.4 is 0 Å². The van der Waals surface area contributed by atoms with Gasteiger partial charge in [0, 0.05) is 5.57 Å². The summed E-state index contributed by atoms with van der Waals surface area (Å²) in [6, 6.07) is 0. The molecule has 0 fully saturated rings. The molecule has 2 heteroatoms. The molecule has 0 saturated carbocycles. The molecule has 0 saturated heterocycles. The zero-order chi connectivity index (χ0) is 11.5. The SMILES string of the molecule is C/C=C/CCCCCOC(=O)/C(C)=C/C. The van der Waals surface area contributed by atoms with E-state index in [1.807, 2.05) is 13.8 Å². The second-order valence-electron chi connectivity index (χ2n) is 3.53. The van der Waals surface area contributed by atoms with Crippen molar-refractivity contribution in [3.05, 3.63) is 23.8 Å². The first-order valence-electron chi connectivity index (χ1n) is 5.63. The second-order valence-corrected chi connectivity index (χ2v) is 3.53. The van der Waals surface area contributed by atoms with E-state index < -0.39 is 0 Å². The van der Waals surface area contributed by atoms with Gasteiger partial charge in [0.25, 0.3) is 0 Å². The molecule has 0 spiro atoms. The molecule has 0 amide bonds. The lowest BCUT2D eigenvalue weighted by molar-refractivity contribution is -0.139. The largest absolute Gasteiger partial charge is 0.462 e. The number of unbranched alkanes of at least 4 members (excludes halogenated alkanes) is 3. The maximum atomic E-state index is 11.2. The van der Waals surface area contributed by atoms with Gasteiger partial charge in [0.15, 0.2) is 0 Å². The molecule has 0 rings (SSSR count). The number of hydrogen-bond donors (Lipinski definition) is 0. The fraction of sp³-hybridized carbons (Fsp3) is 0.615. The predicted molar refractivity (Wildman–Crippen MR) is 63.7 cm³/mol. The van der Waals surface area contributed by atoms with Crippen molar-refractivity contribution in [2.24, 2.45) is 0 Å². The van der Waals surface area contributed by atoms with Crippen LogP contribution in [0.15, 0.2) is 23.8 Å². The van der Waals surface area contributed by atoms with Crippen molar-refractivity contribution < 1.29 is 9.53 Å². The van der Waals surface area contributed by atoms with E-state index >= 15 is 0 Å². The lowest BCUT2D eigenvalue weighted by Crippen LogP contribution is -2.06. The normalized spacial score (nSPS) is 12.1. The average molecular weight is 210 g/mol. The van der Waals surface area contributed by atoms with E-state index in [1.165, 1.54) is 6.42 Å². The molecule has 0 atom stereocenters. The summed E-state index contributed by atoms with van der Waals surface area (Å²) in [5, 5.41) is 0. The molecule has 2 nitrogen and oxygen atoms in total. The van der Waals surface area contributed by atoms with Crippen molar-refractivity contribution in [3.8, 4) is 0 Å². The molecule has 0 N–H and O–H groups in total. The van der Waals surface area contributed by atoms with Crippen LogP contribution in [-0.2, 0) is 9.53 Å². The number of esters is 1. The highest BCUT2D eigenvalue weighted by atomic mass is 16.5. The first kappa shape index (κ1) is 13.9. The van der Waals surface area contributed by atoms with E-state index in [0.29, 0.717) is 12.2 Å². The Kier molecular flexibility index (Phi) is 8.84. The average Bonchev–Trinajstić information content (AvgIpc) is 2.26. The second kappa shape index (κ2) is 9.50. The molecular formula is C13H22O2. The Labute approximate surface area is 93.0 Å². The van der Waals surface area contributed by atoms with E-state index in [9.17, 15) is 4.79 Å². The Bertz CT molecular complexity index is 227. The maximum absolute atomic E-state index is 11.2. The highest BCUT2D eigenvalue weighted by Gasteiger charge is 2.02. The standard InChI is InChI=1S/C13H22O2/c1-4-6-7-8-9-10-11-15-13(14)12(3)5-2/h4-6H,7-11H2,1-3H3/b6-4+,12-5+. The zero-order valence-electron chi connectivity index (χ0n) is 10.1. The number of hydrogen-bond acceptors (Lipinski definition) is 2. The summed E-state index contributed by atoms with van der Waals surface area (Å²) in [6.07, 6.45) is 10.4. The van der Waals surface area contributed by atoms with Crippen molar-refractivity contribution in [2.45, 2.75) is 46.5 Å². The molecule has 0 aromatic rings. The summed E-state index contributed by atoms with van der Waals surface area (Å²) in [5.41, 5.74) is 0.684. The maximum Gasteiger partial charge on any atom is 0.333 e. The third-order valence-electron chi connectivity index (χ3n) is 2.24. The van der Waals surface area contributed by atoms with E-state index in [4.69, 9.17) is 4.74 Å². The van der Waals surface area contributed by atoms with Gasteiger partial charge in [-0.25, -0.2) is 4.79 Å². The molecule has 0 aliphatic carbocycles. The van der Waals surface area contributed by atoms with Gasteiger partial charge in [0.1, 0.15) is 0 Å². The Balaban J connectivity index is 3.35. The molecule has 15 heavy (non-hydrogen) atoms. The summed E-state index contributed by atoms with van der Waals surface area (Å²) in [6.45, 7) is 6.18. The third-order valence-corrected chi connectivity index (χ3v) is 2.24. The van der Waals surface area contributed by atoms with Gasteiger partial charge in [-0.2, -0.15) is 0 Å². The lowest BCUT2D eigenvalue weighted by Gasteiger charge is -2.03. The fourth-order valence-electron chi connectivity index (χ4n) is 1.10. The van der Waals surface area contributed by atoms with Crippen LogP contribution in [0.3, 0.4) is 0 Å². The Morgan fingerprint density at radius 1 is 1.20 bits per heavy atom. The highest BCUT2D eigenvalue weighted by Crippen LogP contribution is 2.02. The van der Waals surface area contributed by atoms with E-state index in [0.717, 1.165) is 19.3 Å². The van der Waals surface area contributed by atoms with E-state index in [2.05, 4.69) is 12.2 Å². The number of carbonyl (C=O) groups is 1. The van der Waals surface area contributed by atoms with Crippen LogP contribution in [0.5, 0.6) is 0 Å². The predicted octanol–water partition coefficient (Wildman–Crippen LogP) is 3.63. The van der Waals surface area contributed by atoms with Crippen LogP contribution in [0.4, 0.5) is 0 Å². The minimum Gasteiger partial charge on any atom is -0.462 e. The Hall–Kier alpha value is -1.05. The van der Waals surface area contributed by atoms with Gasteiger partial charge in [-0.1, -0.05) is 18.2 Å². The summed E-state index contributed by atoms with van der Waals surface area (Å²) in [4.78, 5) is 11.2. The van der Waals surface area contributed by atoms with E-state index in [1.54, 1.807) is 13.0 Å². The lowest BCUT2D eigenvalue weighted by atomic mass is 10.2. The monoisotopic (exact) mass is 210 g/mol. The Morgan fingerprint density at radius 2 is 1.93 bits per heavy atom. The molecule has 0 aliphatic rings. The quantitative estimate of drug-likeness (QED) is 0.277. The van der Waals surface area contributed by atoms with Crippen LogP contribution in [0, 0.1) is 0 Å². The molecule has 0 aliphatic heterocycles. The van der Waals surface area contributed by atoms with Crippen molar-refractivity contribution >= 4 is 5.97 Å². The highest BCUT2D eigenvalue weighted by molar-refractivity contribution is 5.87. The fourth-order valence-corrected chi connectivity index (χ4v) is 1.10. The first-order chi connectivity index (χ1) is 7.22. The van der Waals surface area contributed by atoms with Crippen LogP contribution in [0.1, 0.15) is 46.5 Å². The third kappa shape index (κ3) is 7.98. The van der Waals surface area contributed by atoms with Crippen molar-refractivity contribution in [1.82, 2.24) is 0 Å². The summed E-state index contributed by atoms with van der Waals surface area (Å²) in [7, 11) is 0. The summed E-state index contributed by atoms with van der Waals surface area (Å²) < 4.78 is 5.08. The molecule has 0 heterocycles. The number of rotatable bonds is 7. The van der Waals surface area contributed by atoms with Gasteiger partial charge in [-0.3, -0.25) is 0 Å². The van der Waals surface area contributed by atoms with E-state index in [-0.39, 0.29) is 5.97 Å². The summed E-state index contributed by atoms with van der Waals surface area (Å²) in [5.74, 6) is -0.189. The van der Waals surface area contributed by atoms with Gasteiger partial charge in [-0.15, -0.1) is 0 Å². The minimum atomic E-state index is -0.189. The van der Waals surface area contributed by atoms with Crippen LogP contribution >= 0.6 is 0 Å². The topological polar surface area (TPSA) is 26.3 Å². The molecule has 0 aromatic carbocycles. The van der Waals surface area contributed by atoms with Crippen LogP contribution in [0.25, 0.3) is 0 Å². The first-order valence-corrected chi connectivity index (χ1v) is 5.63.